The van der Waals surface area contributed by atoms with E-state index in [0.29, 0.717) is 11.8 Å². The SMILES string of the molecule is CN(CCCCCCCCCCCCN(C)Cc1ccc(F)cc1)CC1=CC2Cc3[nH]c(=O)ccc3C3(C1)NCCCC23. The molecule has 0 spiro atoms. The third kappa shape index (κ3) is 8.67. The maximum Gasteiger partial charge on any atom is 0.248 e. The second-order valence-electron chi connectivity index (χ2n) is 13.9. The molecule has 1 aliphatic heterocycles. The number of aromatic amines is 1. The molecule has 3 aliphatic rings. The van der Waals surface area contributed by atoms with E-state index >= 15 is 0 Å². The van der Waals surface area contributed by atoms with E-state index in [0.717, 1.165) is 44.7 Å². The third-order valence-corrected chi connectivity index (χ3v) is 10.3. The van der Waals surface area contributed by atoms with Gasteiger partial charge in [0.1, 0.15) is 5.82 Å². The molecular formula is C37H55FN4O. The van der Waals surface area contributed by atoms with Crippen LogP contribution in [-0.2, 0) is 18.5 Å². The van der Waals surface area contributed by atoms with Crippen molar-refractivity contribution in [3.63, 3.8) is 0 Å². The van der Waals surface area contributed by atoms with Gasteiger partial charge in [0, 0.05) is 24.8 Å². The molecule has 1 saturated heterocycles. The van der Waals surface area contributed by atoms with E-state index in [2.05, 4.69) is 46.3 Å². The van der Waals surface area contributed by atoms with E-state index in [-0.39, 0.29) is 16.9 Å². The molecule has 5 rings (SSSR count). The maximum atomic E-state index is 13.1. The molecule has 5 nitrogen and oxygen atoms in total. The first-order chi connectivity index (χ1) is 20.9. The first-order valence-electron chi connectivity index (χ1n) is 17.2. The summed E-state index contributed by atoms with van der Waals surface area (Å²) in [5, 5.41) is 3.96. The van der Waals surface area contributed by atoms with Crippen LogP contribution in [0.15, 0.2) is 52.8 Å². The summed E-state index contributed by atoms with van der Waals surface area (Å²) in [7, 11) is 4.45. The van der Waals surface area contributed by atoms with Crippen molar-refractivity contribution < 1.29 is 4.39 Å². The Hall–Kier alpha value is -2.28. The average Bonchev–Trinajstić information content (AvgIpc) is 2.98. The fourth-order valence-corrected chi connectivity index (χ4v) is 8.24. The number of H-pyrrole nitrogens is 1. The summed E-state index contributed by atoms with van der Waals surface area (Å²) in [5.41, 5.74) is 5.31. The molecular weight excluding hydrogens is 535 g/mol. The molecule has 1 aromatic carbocycles. The van der Waals surface area contributed by atoms with Gasteiger partial charge in [-0.3, -0.25) is 4.79 Å². The lowest BCUT2D eigenvalue weighted by atomic mass is 9.57. The zero-order chi connectivity index (χ0) is 30.1. The van der Waals surface area contributed by atoms with Crippen LogP contribution in [0, 0.1) is 17.7 Å². The van der Waals surface area contributed by atoms with Crippen LogP contribution in [-0.4, -0.2) is 55.1 Å². The molecule has 2 N–H and O–H groups in total. The second kappa shape index (κ2) is 15.6. The van der Waals surface area contributed by atoms with Gasteiger partial charge in [0.15, 0.2) is 0 Å². The van der Waals surface area contributed by atoms with Crippen molar-refractivity contribution >= 4 is 0 Å². The zero-order valence-electron chi connectivity index (χ0n) is 26.8. The number of nitrogens with one attached hydrogen (secondary N) is 2. The first kappa shape index (κ1) is 32.1. The molecule has 1 fully saturated rings. The molecule has 6 heteroatoms. The van der Waals surface area contributed by atoms with Gasteiger partial charge in [-0.25, -0.2) is 4.39 Å². The fourth-order valence-electron chi connectivity index (χ4n) is 8.24. The van der Waals surface area contributed by atoms with E-state index in [1.165, 1.54) is 94.7 Å². The first-order valence-corrected chi connectivity index (χ1v) is 17.2. The van der Waals surface area contributed by atoms with Gasteiger partial charge in [-0.2, -0.15) is 0 Å². The number of hydrogen-bond acceptors (Lipinski definition) is 4. The van der Waals surface area contributed by atoms with Gasteiger partial charge in [-0.1, -0.05) is 75.1 Å². The number of pyridine rings is 1. The average molecular weight is 591 g/mol. The molecule has 0 radical (unpaired) electrons. The number of allylic oxidation sites excluding steroid dienone is 1. The number of aromatic nitrogens is 1. The summed E-state index contributed by atoms with van der Waals surface area (Å²) >= 11 is 0. The predicted octanol–water partition coefficient (Wildman–Crippen LogP) is 7.18. The molecule has 3 unspecified atom stereocenters. The Balaban J connectivity index is 0.908. The van der Waals surface area contributed by atoms with E-state index in [4.69, 9.17) is 0 Å². The number of unbranched alkanes of at least 4 members (excludes halogenated alkanes) is 9. The highest BCUT2D eigenvalue weighted by molar-refractivity contribution is 5.40. The van der Waals surface area contributed by atoms with Crippen molar-refractivity contribution in [3.8, 4) is 0 Å². The van der Waals surface area contributed by atoms with E-state index in [9.17, 15) is 9.18 Å². The molecule has 43 heavy (non-hydrogen) atoms. The molecule has 236 valence electrons. The van der Waals surface area contributed by atoms with E-state index in [1.54, 1.807) is 23.8 Å². The summed E-state index contributed by atoms with van der Waals surface area (Å²) in [5.74, 6) is 1.02. The van der Waals surface area contributed by atoms with Crippen molar-refractivity contribution in [2.45, 2.75) is 102 Å². The number of fused-ring (bicyclic) bond motifs is 1. The Bertz CT molecular complexity index is 1240. The summed E-state index contributed by atoms with van der Waals surface area (Å²) in [6, 6.07) is 10.7. The van der Waals surface area contributed by atoms with Crippen molar-refractivity contribution in [1.29, 1.82) is 0 Å². The zero-order valence-corrected chi connectivity index (χ0v) is 26.8. The molecule has 2 heterocycles. The van der Waals surface area contributed by atoms with Gasteiger partial charge in [-0.15, -0.1) is 0 Å². The number of nitrogens with zero attached hydrogens (tertiary/aromatic N) is 2. The van der Waals surface area contributed by atoms with Crippen LogP contribution >= 0.6 is 0 Å². The lowest BCUT2D eigenvalue weighted by Crippen LogP contribution is -2.59. The van der Waals surface area contributed by atoms with Crippen molar-refractivity contribution in [1.82, 2.24) is 20.1 Å². The van der Waals surface area contributed by atoms with Crippen LogP contribution in [0.4, 0.5) is 4.39 Å². The van der Waals surface area contributed by atoms with Gasteiger partial charge >= 0.3 is 0 Å². The Morgan fingerprint density at radius 1 is 0.837 bits per heavy atom. The smallest absolute Gasteiger partial charge is 0.248 e. The van der Waals surface area contributed by atoms with E-state index in [1.807, 2.05) is 12.1 Å². The molecule has 3 atom stereocenters. The normalized spacial score (nSPS) is 22.9. The summed E-state index contributed by atoms with van der Waals surface area (Å²) in [4.78, 5) is 20.1. The van der Waals surface area contributed by atoms with Crippen molar-refractivity contribution in [2.24, 2.45) is 11.8 Å². The van der Waals surface area contributed by atoms with Gasteiger partial charge in [0.05, 0.1) is 5.54 Å². The Labute approximate surface area is 259 Å². The number of rotatable bonds is 17. The Kier molecular flexibility index (Phi) is 11.7. The Morgan fingerprint density at radius 2 is 1.47 bits per heavy atom. The summed E-state index contributed by atoms with van der Waals surface area (Å²) in [6.45, 7) is 5.31. The summed E-state index contributed by atoms with van der Waals surface area (Å²) in [6.07, 6.45) is 20.5. The standard InChI is InChI=1S/C37H55FN4O/c1-41(27-29-15-17-32(38)18-16-29)22-11-9-7-5-3-4-6-8-10-12-23-42(2)28-30-24-31-25-35-34(19-20-36(43)40-35)37(26-30)33(31)14-13-21-39-37/h15-20,24,31,33,39H,3-14,21-23,25-28H2,1-2H3,(H,40,43). The molecule has 0 amide bonds. The summed E-state index contributed by atoms with van der Waals surface area (Å²) < 4.78 is 13.1. The quantitative estimate of drug-likeness (QED) is 0.151. The van der Waals surface area contributed by atoms with Crippen LogP contribution in [0.2, 0.25) is 0 Å². The minimum atomic E-state index is -0.159. The van der Waals surface area contributed by atoms with Crippen LogP contribution in [0.25, 0.3) is 0 Å². The highest BCUT2D eigenvalue weighted by Gasteiger charge is 2.51. The highest BCUT2D eigenvalue weighted by Crippen LogP contribution is 2.52. The number of halogens is 1. The molecule has 2 aliphatic carbocycles. The van der Waals surface area contributed by atoms with Crippen LogP contribution in [0.5, 0.6) is 0 Å². The second-order valence-corrected chi connectivity index (χ2v) is 13.9. The van der Waals surface area contributed by atoms with Crippen molar-refractivity contribution in [3.05, 3.63) is 81.0 Å². The predicted molar refractivity (Wildman–Crippen MR) is 176 cm³/mol. The lowest BCUT2D eigenvalue weighted by Gasteiger charge is -2.55. The Morgan fingerprint density at radius 3 is 2.14 bits per heavy atom. The lowest BCUT2D eigenvalue weighted by molar-refractivity contribution is 0.0853. The molecule has 1 aromatic heterocycles. The molecule has 0 saturated carbocycles. The van der Waals surface area contributed by atoms with Gasteiger partial charge in [0.2, 0.25) is 5.56 Å². The number of hydrogen-bond donors (Lipinski definition) is 2. The van der Waals surface area contributed by atoms with Crippen LogP contribution < -0.4 is 10.9 Å². The monoisotopic (exact) mass is 590 g/mol. The third-order valence-electron chi connectivity index (χ3n) is 10.3. The largest absolute Gasteiger partial charge is 0.326 e. The number of likely N-dealkylation sites (N-methyl/N-ethyl adjacent to an activating group) is 1. The van der Waals surface area contributed by atoms with Crippen molar-refractivity contribution in [2.75, 3.05) is 40.3 Å². The highest BCUT2D eigenvalue weighted by atomic mass is 19.1. The van der Waals surface area contributed by atoms with Gasteiger partial charge in [0.25, 0.3) is 0 Å². The van der Waals surface area contributed by atoms with Crippen LogP contribution in [0.3, 0.4) is 0 Å². The fraction of sp³-hybridized carbons (Fsp3) is 0.649. The minimum absolute atomic E-state index is 0.00710. The van der Waals surface area contributed by atoms with E-state index < -0.39 is 0 Å². The maximum absolute atomic E-state index is 13.1. The molecule has 2 bridgehead atoms. The van der Waals surface area contributed by atoms with Gasteiger partial charge in [-0.05, 0) is 113 Å². The number of benzene rings is 1. The number of piperidine rings is 1. The van der Waals surface area contributed by atoms with Crippen LogP contribution in [0.1, 0.15) is 100 Å². The molecule has 2 aromatic rings. The minimum Gasteiger partial charge on any atom is -0.326 e. The topological polar surface area (TPSA) is 51.4 Å². The van der Waals surface area contributed by atoms with Gasteiger partial charge < -0.3 is 20.1 Å².